The van der Waals surface area contributed by atoms with Crippen LogP contribution in [0.2, 0.25) is 5.02 Å². The van der Waals surface area contributed by atoms with Crippen LogP contribution in [0.4, 0.5) is 0 Å². The molecule has 0 N–H and O–H groups in total. The third-order valence-electron chi connectivity index (χ3n) is 2.77. The lowest BCUT2D eigenvalue weighted by molar-refractivity contribution is 0.379. The minimum absolute atomic E-state index is 0.0354. The van der Waals surface area contributed by atoms with Gasteiger partial charge in [-0.2, -0.15) is 4.98 Å². The van der Waals surface area contributed by atoms with Crippen molar-refractivity contribution in [2.45, 2.75) is 25.0 Å². The molecule has 0 saturated heterocycles. The maximum atomic E-state index is 11.2. The maximum Gasteiger partial charge on any atom is 0.241 e. The van der Waals surface area contributed by atoms with E-state index in [9.17, 15) is 8.42 Å². The zero-order chi connectivity index (χ0) is 14.8. The quantitative estimate of drug-likeness (QED) is 0.848. The summed E-state index contributed by atoms with van der Waals surface area (Å²) < 4.78 is 27.3. The van der Waals surface area contributed by atoms with Crippen LogP contribution in [0, 0.1) is 0 Å². The fraction of sp³-hybridized carbons (Fsp3) is 0.385. The van der Waals surface area contributed by atoms with E-state index in [0.717, 1.165) is 18.2 Å². The Morgan fingerprint density at radius 2 is 1.95 bits per heavy atom. The van der Waals surface area contributed by atoms with E-state index >= 15 is 0 Å². The molecular weight excluding hydrogens is 300 g/mol. The summed E-state index contributed by atoms with van der Waals surface area (Å²) in [5, 5.41) is 4.53. The molecule has 0 bridgehead atoms. The van der Waals surface area contributed by atoms with Gasteiger partial charge in [0.05, 0.1) is 0 Å². The molecule has 1 unspecified atom stereocenters. The van der Waals surface area contributed by atoms with Crippen molar-refractivity contribution in [3.05, 3.63) is 46.6 Å². The van der Waals surface area contributed by atoms with Gasteiger partial charge in [0.15, 0.2) is 15.7 Å². The SMILES string of the molecule is CC(Cc1ccc(Cl)cc1)c1noc(CS(C)(=O)=O)n1. The van der Waals surface area contributed by atoms with E-state index in [1.165, 1.54) is 0 Å². The van der Waals surface area contributed by atoms with E-state index in [0.29, 0.717) is 10.8 Å². The summed E-state index contributed by atoms with van der Waals surface area (Å²) in [4.78, 5) is 4.13. The zero-order valence-corrected chi connectivity index (χ0v) is 12.8. The number of benzene rings is 1. The fourth-order valence-electron chi connectivity index (χ4n) is 1.82. The van der Waals surface area contributed by atoms with E-state index in [1.807, 2.05) is 31.2 Å². The van der Waals surface area contributed by atoms with Crippen molar-refractivity contribution in [1.82, 2.24) is 10.1 Å². The van der Waals surface area contributed by atoms with E-state index in [1.54, 1.807) is 0 Å². The molecule has 20 heavy (non-hydrogen) atoms. The van der Waals surface area contributed by atoms with E-state index in [4.69, 9.17) is 16.1 Å². The molecule has 0 spiro atoms. The summed E-state index contributed by atoms with van der Waals surface area (Å²) in [6, 6.07) is 7.54. The molecule has 0 aliphatic heterocycles. The fourth-order valence-corrected chi connectivity index (χ4v) is 2.51. The predicted octanol–water partition coefficient (Wildman–Crippen LogP) is 2.61. The number of hydrogen-bond donors (Lipinski definition) is 0. The van der Waals surface area contributed by atoms with Gasteiger partial charge in [0, 0.05) is 17.2 Å². The van der Waals surface area contributed by atoms with Gasteiger partial charge in [-0.25, -0.2) is 8.42 Å². The average molecular weight is 315 g/mol. The summed E-state index contributed by atoms with van der Waals surface area (Å²) >= 11 is 5.83. The number of sulfone groups is 1. The zero-order valence-electron chi connectivity index (χ0n) is 11.2. The van der Waals surface area contributed by atoms with Crippen molar-refractivity contribution in [2.24, 2.45) is 0 Å². The Bertz CT molecular complexity index is 680. The van der Waals surface area contributed by atoms with Gasteiger partial charge >= 0.3 is 0 Å². The predicted molar refractivity (Wildman–Crippen MR) is 76.4 cm³/mol. The molecule has 0 aliphatic carbocycles. The number of hydrogen-bond acceptors (Lipinski definition) is 5. The maximum absolute atomic E-state index is 11.2. The lowest BCUT2D eigenvalue weighted by atomic mass is 10.0. The lowest BCUT2D eigenvalue weighted by Gasteiger charge is -2.06. The summed E-state index contributed by atoms with van der Waals surface area (Å²) in [5.74, 6) is 0.450. The van der Waals surface area contributed by atoms with Crippen molar-refractivity contribution in [1.29, 1.82) is 0 Å². The van der Waals surface area contributed by atoms with Crippen molar-refractivity contribution in [3.63, 3.8) is 0 Å². The second-order valence-corrected chi connectivity index (χ2v) is 7.42. The van der Waals surface area contributed by atoms with Crippen molar-refractivity contribution in [2.75, 3.05) is 6.26 Å². The van der Waals surface area contributed by atoms with Gasteiger partial charge in [0.2, 0.25) is 5.89 Å². The minimum Gasteiger partial charge on any atom is -0.338 e. The minimum atomic E-state index is -3.16. The van der Waals surface area contributed by atoms with Crippen LogP contribution in [0.3, 0.4) is 0 Å². The highest BCUT2D eigenvalue weighted by atomic mass is 35.5. The molecule has 1 aromatic heterocycles. The largest absolute Gasteiger partial charge is 0.338 e. The Hall–Kier alpha value is -1.40. The van der Waals surface area contributed by atoms with Crippen LogP contribution in [-0.2, 0) is 22.0 Å². The standard InChI is InChI=1S/C13H15ClN2O3S/c1-9(7-10-3-5-11(14)6-4-10)13-15-12(19-16-13)8-20(2,17)18/h3-6,9H,7-8H2,1-2H3. The number of rotatable bonds is 5. The Kier molecular flexibility index (Phi) is 4.45. The monoisotopic (exact) mass is 314 g/mol. The third kappa shape index (κ3) is 4.31. The van der Waals surface area contributed by atoms with Gasteiger partial charge in [-0.1, -0.05) is 35.8 Å². The van der Waals surface area contributed by atoms with Crippen LogP contribution in [0.25, 0.3) is 0 Å². The van der Waals surface area contributed by atoms with Crippen LogP contribution in [0.1, 0.15) is 30.1 Å². The first-order chi connectivity index (χ1) is 9.33. The lowest BCUT2D eigenvalue weighted by Crippen LogP contribution is -2.03. The number of aromatic nitrogens is 2. The molecule has 108 valence electrons. The molecule has 0 fully saturated rings. The molecule has 1 heterocycles. The Morgan fingerprint density at radius 3 is 2.55 bits per heavy atom. The van der Waals surface area contributed by atoms with Gasteiger partial charge in [0.1, 0.15) is 5.75 Å². The highest BCUT2D eigenvalue weighted by Crippen LogP contribution is 2.19. The average Bonchev–Trinajstić information content (AvgIpc) is 2.78. The highest BCUT2D eigenvalue weighted by Gasteiger charge is 2.17. The Morgan fingerprint density at radius 1 is 1.30 bits per heavy atom. The summed E-state index contributed by atoms with van der Waals surface area (Å²) in [6.45, 7) is 1.96. The van der Waals surface area contributed by atoms with Crippen LogP contribution >= 0.6 is 11.6 Å². The molecule has 0 saturated carbocycles. The molecule has 0 amide bonds. The van der Waals surface area contributed by atoms with Crippen LogP contribution in [-0.4, -0.2) is 24.8 Å². The first kappa shape index (κ1) is 15.0. The number of nitrogens with zero attached hydrogens (tertiary/aromatic N) is 2. The van der Waals surface area contributed by atoms with Crippen LogP contribution < -0.4 is 0 Å². The van der Waals surface area contributed by atoms with Gasteiger partial charge in [0.25, 0.3) is 0 Å². The van der Waals surface area contributed by atoms with E-state index < -0.39 is 9.84 Å². The molecule has 2 aromatic rings. The van der Waals surface area contributed by atoms with Gasteiger partial charge in [-0.3, -0.25) is 0 Å². The topological polar surface area (TPSA) is 73.1 Å². The molecule has 2 rings (SSSR count). The van der Waals surface area contributed by atoms with Crippen LogP contribution in [0.5, 0.6) is 0 Å². The molecule has 7 heteroatoms. The summed E-state index contributed by atoms with van der Waals surface area (Å²) in [6.07, 6.45) is 1.86. The van der Waals surface area contributed by atoms with Gasteiger partial charge in [-0.05, 0) is 24.1 Å². The van der Waals surface area contributed by atoms with Crippen molar-refractivity contribution >= 4 is 21.4 Å². The van der Waals surface area contributed by atoms with Crippen molar-refractivity contribution in [3.8, 4) is 0 Å². The third-order valence-corrected chi connectivity index (χ3v) is 3.79. The Balaban J connectivity index is 2.06. The second-order valence-electron chi connectivity index (χ2n) is 4.85. The molecular formula is C13H15ClN2O3S. The van der Waals surface area contributed by atoms with E-state index in [2.05, 4.69) is 10.1 Å². The second kappa shape index (κ2) is 5.93. The summed E-state index contributed by atoms with van der Waals surface area (Å²) in [5.41, 5.74) is 1.11. The first-order valence-corrected chi connectivity index (χ1v) is 8.52. The normalized spacial score (nSPS) is 13.3. The van der Waals surface area contributed by atoms with Gasteiger partial charge in [-0.15, -0.1) is 0 Å². The molecule has 1 atom stereocenters. The summed E-state index contributed by atoms with van der Waals surface area (Å²) in [7, 11) is -3.16. The van der Waals surface area contributed by atoms with Gasteiger partial charge < -0.3 is 4.52 Å². The van der Waals surface area contributed by atoms with Crippen LogP contribution in [0.15, 0.2) is 28.8 Å². The molecule has 5 nitrogen and oxygen atoms in total. The highest BCUT2D eigenvalue weighted by molar-refractivity contribution is 7.89. The van der Waals surface area contributed by atoms with E-state index in [-0.39, 0.29) is 17.6 Å². The van der Waals surface area contributed by atoms with Crippen molar-refractivity contribution < 1.29 is 12.9 Å². The molecule has 1 aromatic carbocycles. The first-order valence-electron chi connectivity index (χ1n) is 6.08. The Labute approximate surface area is 122 Å². The molecule has 0 aliphatic rings. The molecule has 0 radical (unpaired) electrons. The number of halogens is 1. The smallest absolute Gasteiger partial charge is 0.241 e.